The molecule has 0 saturated carbocycles. The Morgan fingerprint density at radius 1 is 1.16 bits per heavy atom. The molecule has 0 aromatic heterocycles. The zero-order valence-electron chi connectivity index (χ0n) is 12.9. The first-order valence-corrected chi connectivity index (χ1v) is 7.38. The second-order valence-electron chi connectivity index (χ2n) is 6.17. The molecule has 108 valence electrons. The van der Waals surface area contributed by atoms with Crippen molar-refractivity contribution < 1.29 is 4.74 Å². The summed E-state index contributed by atoms with van der Waals surface area (Å²) in [4.78, 5) is 0. The van der Waals surface area contributed by atoms with Gasteiger partial charge in [-0.1, -0.05) is 30.3 Å². The first-order chi connectivity index (χ1) is 9.01. The van der Waals surface area contributed by atoms with Crippen LogP contribution in [-0.4, -0.2) is 25.3 Å². The molecular formula is C17H29NO. The van der Waals surface area contributed by atoms with E-state index in [0.717, 1.165) is 32.6 Å². The summed E-state index contributed by atoms with van der Waals surface area (Å²) in [7, 11) is 0. The molecule has 0 aliphatic carbocycles. The van der Waals surface area contributed by atoms with Gasteiger partial charge in [0.15, 0.2) is 0 Å². The van der Waals surface area contributed by atoms with Gasteiger partial charge in [-0.3, -0.25) is 0 Å². The minimum absolute atomic E-state index is 0.181. The molecule has 0 amide bonds. The average molecular weight is 263 g/mol. The highest BCUT2D eigenvalue weighted by Gasteiger charge is 2.14. The summed E-state index contributed by atoms with van der Waals surface area (Å²) in [5.41, 5.74) is 1.60. The molecule has 0 bridgehead atoms. The lowest BCUT2D eigenvalue weighted by Crippen LogP contribution is -2.39. The van der Waals surface area contributed by atoms with Crippen molar-refractivity contribution in [2.24, 2.45) is 5.92 Å². The molecule has 0 spiro atoms. The van der Waals surface area contributed by atoms with Crippen LogP contribution < -0.4 is 5.32 Å². The summed E-state index contributed by atoms with van der Waals surface area (Å²) < 4.78 is 5.51. The van der Waals surface area contributed by atoms with Crippen molar-refractivity contribution in [3.05, 3.63) is 35.9 Å². The van der Waals surface area contributed by atoms with Crippen molar-refractivity contribution in [3.8, 4) is 0 Å². The quantitative estimate of drug-likeness (QED) is 0.723. The zero-order valence-corrected chi connectivity index (χ0v) is 12.9. The van der Waals surface area contributed by atoms with Crippen LogP contribution in [0.5, 0.6) is 0 Å². The molecule has 1 atom stereocenters. The van der Waals surface area contributed by atoms with Crippen LogP contribution in [0.4, 0.5) is 0 Å². The van der Waals surface area contributed by atoms with Crippen LogP contribution in [0.15, 0.2) is 30.3 Å². The SMILES string of the molecule is CCOCCC(CNC(C)(C)C)Cc1ccccc1. The summed E-state index contributed by atoms with van der Waals surface area (Å²) in [6.07, 6.45) is 2.24. The summed E-state index contributed by atoms with van der Waals surface area (Å²) in [5, 5.41) is 3.61. The highest BCUT2D eigenvalue weighted by Crippen LogP contribution is 2.13. The van der Waals surface area contributed by atoms with E-state index in [1.165, 1.54) is 5.56 Å². The zero-order chi connectivity index (χ0) is 14.1. The van der Waals surface area contributed by atoms with E-state index in [1.54, 1.807) is 0 Å². The Bertz CT molecular complexity index is 329. The molecule has 0 aliphatic rings. The van der Waals surface area contributed by atoms with Gasteiger partial charge in [-0.15, -0.1) is 0 Å². The topological polar surface area (TPSA) is 21.3 Å². The van der Waals surface area contributed by atoms with Crippen LogP contribution in [0.25, 0.3) is 0 Å². The minimum Gasteiger partial charge on any atom is -0.382 e. The van der Waals surface area contributed by atoms with Gasteiger partial charge in [0.1, 0.15) is 0 Å². The summed E-state index contributed by atoms with van der Waals surface area (Å²) in [5.74, 6) is 0.633. The number of benzene rings is 1. The molecule has 0 fully saturated rings. The first kappa shape index (κ1) is 16.2. The lowest BCUT2D eigenvalue weighted by molar-refractivity contribution is 0.130. The third-order valence-electron chi connectivity index (χ3n) is 3.16. The molecular weight excluding hydrogens is 234 g/mol. The molecule has 0 aliphatic heterocycles. The summed E-state index contributed by atoms with van der Waals surface area (Å²) >= 11 is 0. The number of hydrogen-bond donors (Lipinski definition) is 1. The van der Waals surface area contributed by atoms with E-state index in [4.69, 9.17) is 4.74 Å². The highest BCUT2D eigenvalue weighted by atomic mass is 16.5. The average Bonchev–Trinajstić information content (AvgIpc) is 2.36. The van der Waals surface area contributed by atoms with Crippen LogP contribution in [0.3, 0.4) is 0 Å². The van der Waals surface area contributed by atoms with E-state index >= 15 is 0 Å². The predicted octanol–water partition coefficient (Wildman–Crippen LogP) is 3.66. The molecule has 0 radical (unpaired) electrons. The van der Waals surface area contributed by atoms with E-state index in [9.17, 15) is 0 Å². The molecule has 0 heterocycles. The number of rotatable bonds is 8. The van der Waals surface area contributed by atoms with Gasteiger partial charge in [0.25, 0.3) is 0 Å². The standard InChI is InChI=1S/C17H29NO/c1-5-19-12-11-16(14-18-17(2,3)4)13-15-9-7-6-8-10-15/h6-10,16,18H,5,11-14H2,1-4H3. The summed E-state index contributed by atoms with van der Waals surface area (Å²) in [6.45, 7) is 11.4. The van der Waals surface area contributed by atoms with E-state index in [-0.39, 0.29) is 5.54 Å². The molecule has 1 rings (SSSR count). The summed E-state index contributed by atoms with van der Waals surface area (Å²) in [6, 6.07) is 10.7. The Balaban J connectivity index is 2.48. The van der Waals surface area contributed by atoms with Gasteiger partial charge >= 0.3 is 0 Å². The van der Waals surface area contributed by atoms with Crippen molar-refractivity contribution in [2.45, 2.75) is 46.1 Å². The van der Waals surface area contributed by atoms with E-state index in [2.05, 4.69) is 63.3 Å². The number of hydrogen-bond acceptors (Lipinski definition) is 2. The predicted molar refractivity (Wildman–Crippen MR) is 82.5 cm³/mol. The lowest BCUT2D eigenvalue weighted by atomic mass is 9.95. The smallest absolute Gasteiger partial charge is 0.0469 e. The maximum absolute atomic E-state index is 5.51. The van der Waals surface area contributed by atoms with Crippen LogP contribution in [-0.2, 0) is 11.2 Å². The molecule has 1 unspecified atom stereocenters. The first-order valence-electron chi connectivity index (χ1n) is 7.38. The molecule has 0 saturated heterocycles. The van der Waals surface area contributed by atoms with Crippen LogP contribution >= 0.6 is 0 Å². The fourth-order valence-corrected chi connectivity index (χ4v) is 2.07. The van der Waals surface area contributed by atoms with Gasteiger partial charge in [-0.2, -0.15) is 0 Å². The van der Waals surface area contributed by atoms with Gasteiger partial charge in [-0.25, -0.2) is 0 Å². The Morgan fingerprint density at radius 3 is 2.42 bits per heavy atom. The Kier molecular flexibility index (Phi) is 7.11. The normalized spacial score (nSPS) is 13.5. The second-order valence-corrected chi connectivity index (χ2v) is 6.17. The van der Waals surface area contributed by atoms with E-state index < -0.39 is 0 Å². The molecule has 1 N–H and O–H groups in total. The molecule has 1 aromatic rings. The maximum Gasteiger partial charge on any atom is 0.0469 e. The van der Waals surface area contributed by atoms with Crippen molar-refractivity contribution >= 4 is 0 Å². The molecule has 1 aromatic carbocycles. The van der Waals surface area contributed by atoms with Gasteiger partial charge in [-0.05, 0) is 58.6 Å². The van der Waals surface area contributed by atoms with E-state index in [1.807, 2.05) is 0 Å². The molecule has 19 heavy (non-hydrogen) atoms. The van der Waals surface area contributed by atoms with Gasteiger partial charge in [0.05, 0.1) is 0 Å². The fraction of sp³-hybridized carbons (Fsp3) is 0.647. The van der Waals surface area contributed by atoms with Crippen molar-refractivity contribution in [1.82, 2.24) is 5.32 Å². The van der Waals surface area contributed by atoms with Crippen molar-refractivity contribution in [2.75, 3.05) is 19.8 Å². The fourth-order valence-electron chi connectivity index (χ4n) is 2.07. The highest BCUT2D eigenvalue weighted by molar-refractivity contribution is 5.15. The third kappa shape index (κ3) is 8.02. The van der Waals surface area contributed by atoms with Crippen LogP contribution in [0, 0.1) is 5.92 Å². The van der Waals surface area contributed by atoms with Crippen molar-refractivity contribution in [1.29, 1.82) is 0 Å². The lowest BCUT2D eigenvalue weighted by Gasteiger charge is -2.25. The van der Waals surface area contributed by atoms with Gasteiger partial charge in [0, 0.05) is 18.8 Å². The van der Waals surface area contributed by atoms with Crippen LogP contribution in [0.2, 0.25) is 0 Å². The monoisotopic (exact) mass is 263 g/mol. The second kappa shape index (κ2) is 8.34. The molecule has 2 nitrogen and oxygen atoms in total. The maximum atomic E-state index is 5.51. The Morgan fingerprint density at radius 2 is 1.84 bits per heavy atom. The van der Waals surface area contributed by atoms with E-state index in [0.29, 0.717) is 5.92 Å². The Hall–Kier alpha value is -0.860. The largest absolute Gasteiger partial charge is 0.382 e. The number of ether oxygens (including phenoxy) is 1. The van der Waals surface area contributed by atoms with Crippen molar-refractivity contribution in [3.63, 3.8) is 0 Å². The Labute approximate surface area is 118 Å². The minimum atomic E-state index is 0.181. The van der Waals surface area contributed by atoms with Gasteiger partial charge in [0.2, 0.25) is 0 Å². The van der Waals surface area contributed by atoms with Gasteiger partial charge < -0.3 is 10.1 Å². The third-order valence-corrected chi connectivity index (χ3v) is 3.16. The molecule has 2 heteroatoms. The number of nitrogens with one attached hydrogen (secondary N) is 1. The van der Waals surface area contributed by atoms with Crippen LogP contribution in [0.1, 0.15) is 39.7 Å².